The van der Waals surface area contributed by atoms with Gasteiger partial charge in [0.1, 0.15) is 10.0 Å². The van der Waals surface area contributed by atoms with Crippen LogP contribution in [-0.2, 0) is 14.8 Å². The molecule has 0 aromatic carbocycles. The zero-order valence-electron chi connectivity index (χ0n) is 14.2. The van der Waals surface area contributed by atoms with E-state index in [-0.39, 0.29) is 18.4 Å². The molecule has 0 spiro atoms. The number of pyridine rings is 1. The summed E-state index contributed by atoms with van der Waals surface area (Å²) in [5.41, 5.74) is 0.880. The van der Waals surface area contributed by atoms with Crippen molar-refractivity contribution < 1.29 is 13.2 Å². The van der Waals surface area contributed by atoms with Crippen LogP contribution >= 0.6 is 11.3 Å². The molecule has 1 N–H and O–H groups in total. The van der Waals surface area contributed by atoms with Gasteiger partial charge in [-0.15, -0.1) is 11.3 Å². The van der Waals surface area contributed by atoms with Crippen molar-refractivity contribution in [1.82, 2.24) is 9.29 Å². The Hall–Kier alpha value is -1.77. The first-order chi connectivity index (χ1) is 11.9. The van der Waals surface area contributed by atoms with Crippen molar-refractivity contribution in [3.8, 4) is 0 Å². The summed E-state index contributed by atoms with van der Waals surface area (Å²) < 4.78 is 27.3. The van der Waals surface area contributed by atoms with E-state index in [4.69, 9.17) is 0 Å². The summed E-state index contributed by atoms with van der Waals surface area (Å²) in [5, 5.41) is 2.83. The van der Waals surface area contributed by atoms with E-state index in [0.29, 0.717) is 29.4 Å². The van der Waals surface area contributed by atoms with Crippen LogP contribution in [0, 0.1) is 19.8 Å². The second-order valence-corrected chi connectivity index (χ2v) is 9.68. The molecule has 0 unspecified atom stereocenters. The number of anilines is 1. The second-order valence-electron chi connectivity index (χ2n) is 6.23. The lowest BCUT2D eigenvalue weighted by Crippen LogP contribution is -2.43. The van der Waals surface area contributed by atoms with Crippen molar-refractivity contribution in [2.45, 2.75) is 30.9 Å². The summed E-state index contributed by atoms with van der Waals surface area (Å²) in [4.78, 5) is 17.7. The summed E-state index contributed by atoms with van der Waals surface area (Å²) in [7, 11) is -3.53. The molecule has 25 heavy (non-hydrogen) atoms. The monoisotopic (exact) mass is 379 g/mol. The lowest BCUT2D eigenvalue weighted by Gasteiger charge is -2.30. The average molecular weight is 380 g/mol. The molecule has 1 fully saturated rings. The highest BCUT2D eigenvalue weighted by atomic mass is 32.2. The molecule has 1 atom stereocenters. The van der Waals surface area contributed by atoms with Crippen LogP contribution in [0.1, 0.15) is 23.3 Å². The molecule has 1 aliphatic heterocycles. The number of rotatable bonds is 4. The van der Waals surface area contributed by atoms with E-state index in [1.807, 2.05) is 26.0 Å². The van der Waals surface area contributed by atoms with Gasteiger partial charge in [-0.1, -0.05) is 6.07 Å². The number of carbonyl (C=O) groups is 1. The molecule has 6 nitrogen and oxygen atoms in total. The Labute approximate surface area is 151 Å². The molecule has 134 valence electrons. The number of aryl methyl sites for hydroxylation is 2. The van der Waals surface area contributed by atoms with Gasteiger partial charge in [-0.05, 0) is 50.5 Å². The molecular weight excluding hydrogens is 358 g/mol. The third kappa shape index (κ3) is 3.91. The molecular formula is C17H21N3O3S2. The molecule has 0 saturated carbocycles. The van der Waals surface area contributed by atoms with Crippen LogP contribution in [0.15, 0.2) is 34.7 Å². The standard InChI is InChI=1S/C17H21N3O3S2/c1-12-5-3-9-18-16(12)19-17(21)14-6-4-10-20(11-14)25(22,23)15-8-7-13(2)24-15/h3,5,7-9,14H,4,6,10-11H2,1-2H3,(H,18,19,21)/t14-/m0/s1. The van der Waals surface area contributed by atoms with Crippen LogP contribution < -0.4 is 5.32 Å². The predicted octanol–water partition coefficient (Wildman–Crippen LogP) is 2.80. The maximum absolute atomic E-state index is 12.8. The Bertz CT molecular complexity index is 877. The van der Waals surface area contributed by atoms with Gasteiger partial charge in [0.25, 0.3) is 10.0 Å². The first-order valence-electron chi connectivity index (χ1n) is 8.17. The van der Waals surface area contributed by atoms with E-state index in [1.54, 1.807) is 18.3 Å². The molecule has 0 aliphatic carbocycles. The fraction of sp³-hybridized carbons (Fsp3) is 0.412. The lowest BCUT2D eigenvalue weighted by molar-refractivity contribution is -0.120. The van der Waals surface area contributed by atoms with Crippen LogP contribution in [0.5, 0.6) is 0 Å². The molecule has 3 rings (SSSR count). The van der Waals surface area contributed by atoms with E-state index in [1.165, 1.54) is 15.6 Å². The maximum atomic E-state index is 12.8. The Kier molecular flexibility index (Phi) is 5.21. The SMILES string of the molecule is Cc1ccc(S(=O)(=O)N2CCC[C@H](C(=O)Nc3ncccc3C)C2)s1. The highest BCUT2D eigenvalue weighted by Gasteiger charge is 2.34. The number of hydrogen-bond acceptors (Lipinski definition) is 5. The van der Waals surface area contributed by atoms with Crippen molar-refractivity contribution in [3.63, 3.8) is 0 Å². The van der Waals surface area contributed by atoms with Crippen molar-refractivity contribution in [3.05, 3.63) is 40.9 Å². The minimum absolute atomic E-state index is 0.177. The number of piperidine rings is 1. The maximum Gasteiger partial charge on any atom is 0.252 e. The summed E-state index contributed by atoms with van der Waals surface area (Å²) in [6, 6.07) is 7.12. The minimum atomic E-state index is -3.53. The second kappa shape index (κ2) is 7.23. The summed E-state index contributed by atoms with van der Waals surface area (Å²) in [5.74, 6) is -0.0172. The van der Waals surface area contributed by atoms with Crippen molar-refractivity contribution in [2.24, 2.45) is 5.92 Å². The number of amides is 1. The number of carbonyl (C=O) groups excluding carboxylic acids is 1. The molecule has 0 bridgehead atoms. The van der Waals surface area contributed by atoms with Gasteiger partial charge in [-0.25, -0.2) is 13.4 Å². The van der Waals surface area contributed by atoms with Crippen molar-refractivity contribution in [1.29, 1.82) is 0 Å². The molecule has 2 aromatic heterocycles. The van der Waals surface area contributed by atoms with Crippen molar-refractivity contribution >= 4 is 33.1 Å². The highest BCUT2D eigenvalue weighted by molar-refractivity contribution is 7.91. The van der Waals surface area contributed by atoms with Gasteiger partial charge in [-0.2, -0.15) is 4.31 Å². The lowest BCUT2D eigenvalue weighted by atomic mass is 9.99. The average Bonchev–Trinajstić information content (AvgIpc) is 3.04. The third-order valence-corrected chi connectivity index (χ3v) is 7.65. The Morgan fingerprint density at radius 1 is 1.32 bits per heavy atom. The highest BCUT2D eigenvalue weighted by Crippen LogP contribution is 2.28. The fourth-order valence-electron chi connectivity index (χ4n) is 2.89. The molecule has 3 heterocycles. The van der Waals surface area contributed by atoms with Gasteiger partial charge >= 0.3 is 0 Å². The number of nitrogens with one attached hydrogen (secondary N) is 1. The fourth-order valence-corrected chi connectivity index (χ4v) is 5.85. The smallest absolute Gasteiger partial charge is 0.252 e. The number of hydrogen-bond donors (Lipinski definition) is 1. The predicted molar refractivity (Wildman–Crippen MR) is 98.1 cm³/mol. The largest absolute Gasteiger partial charge is 0.310 e. The van der Waals surface area contributed by atoms with Gasteiger partial charge < -0.3 is 5.32 Å². The van der Waals surface area contributed by atoms with Gasteiger partial charge in [0, 0.05) is 24.2 Å². The van der Waals surface area contributed by atoms with Crippen molar-refractivity contribution in [2.75, 3.05) is 18.4 Å². The third-order valence-electron chi connectivity index (χ3n) is 4.32. The number of thiophene rings is 1. The van der Waals surface area contributed by atoms with Gasteiger partial charge in [0.15, 0.2) is 0 Å². The molecule has 1 saturated heterocycles. The Morgan fingerprint density at radius 2 is 2.12 bits per heavy atom. The Balaban J connectivity index is 1.73. The zero-order chi connectivity index (χ0) is 18.0. The first-order valence-corrected chi connectivity index (χ1v) is 10.4. The quantitative estimate of drug-likeness (QED) is 0.886. The minimum Gasteiger partial charge on any atom is -0.310 e. The van der Waals surface area contributed by atoms with Crippen LogP contribution in [0.2, 0.25) is 0 Å². The Morgan fingerprint density at radius 3 is 2.80 bits per heavy atom. The number of sulfonamides is 1. The van der Waals surface area contributed by atoms with Gasteiger partial charge in [0.2, 0.25) is 5.91 Å². The van der Waals surface area contributed by atoms with Gasteiger partial charge in [-0.3, -0.25) is 4.79 Å². The zero-order valence-corrected chi connectivity index (χ0v) is 15.9. The molecule has 1 amide bonds. The molecule has 2 aromatic rings. The summed E-state index contributed by atoms with van der Waals surface area (Å²) >= 11 is 1.26. The first kappa shape index (κ1) is 18.0. The van der Waals surface area contributed by atoms with Crippen LogP contribution in [0.4, 0.5) is 5.82 Å². The molecule has 1 aliphatic rings. The van der Waals surface area contributed by atoms with E-state index in [9.17, 15) is 13.2 Å². The van der Waals surface area contributed by atoms with E-state index >= 15 is 0 Å². The topological polar surface area (TPSA) is 79.4 Å². The van der Waals surface area contributed by atoms with Gasteiger partial charge in [0.05, 0.1) is 5.92 Å². The van der Waals surface area contributed by atoms with Crippen LogP contribution in [0.3, 0.4) is 0 Å². The van der Waals surface area contributed by atoms with Crippen LogP contribution in [0.25, 0.3) is 0 Å². The van der Waals surface area contributed by atoms with E-state index in [0.717, 1.165) is 10.4 Å². The summed E-state index contributed by atoms with van der Waals surface area (Å²) in [6.45, 7) is 4.41. The normalized spacial score (nSPS) is 18.9. The number of nitrogens with zero attached hydrogens (tertiary/aromatic N) is 2. The summed E-state index contributed by atoms with van der Waals surface area (Å²) in [6.07, 6.45) is 2.97. The van der Waals surface area contributed by atoms with E-state index in [2.05, 4.69) is 10.3 Å². The molecule has 8 heteroatoms. The molecule has 0 radical (unpaired) electrons. The number of aromatic nitrogens is 1. The van der Waals surface area contributed by atoms with Crippen LogP contribution in [-0.4, -0.2) is 36.7 Å². The van der Waals surface area contributed by atoms with E-state index < -0.39 is 10.0 Å².